The van der Waals surface area contributed by atoms with Crippen LogP contribution in [-0.4, -0.2) is 39.1 Å². The molecule has 13 heavy (non-hydrogen) atoms. The van der Waals surface area contributed by atoms with Crippen molar-refractivity contribution in [3.63, 3.8) is 0 Å². The van der Waals surface area contributed by atoms with Crippen LogP contribution in [0.1, 0.15) is 23.1 Å². The van der Waals surface area contributed by atoms with E-state index in [0.717, 1.165) is 0 Å². The van der Waals surface area contributed by atoms with Gasteiger partial charge >= 0.3 is 0 Å². The average molecular weight is 184 g/mol. The van der Waals surface area contributed by atoms with Gasteiger partial charge in [0.25, 0.3) is 5.91 Å². The van der Waals surface area contributed by atoms with Gasteiger partial charge in [-0.3, -0.25) is 4.79 Å². The van der Waals surface area contributed by atoms with Crippen LogP contribution in [0.5, 0.6) is 0 Å². The van der Waals surface area contributed by atoms with Crippen LogP contribution in [0.4, 0.5) is 0 Å². The number of amides is 1. The van der Waals surface area contributed by atoms with Gasteiger partial charge in [-0.1, -0.05) is 0 Å². The molecule has 0 aliphatic carbocycles. The van der Waals surface area contributed by atoms with E-state index in [9.17, 15) is 4.79 Å². The van der Waals surface area contributed by atoms with Gasteiger partial charge in [0.2, 0.25) is 0 Å². The van der Waals surface area contributed by atoms with Crippen LogP contribution < -0.4 is 5.32 Å². The van der Waals surface area contributed by atoms with Crippen LogP contribution in [0.25, 0.3) is 0 Å². The van der Waals surface area contributed by atoms with Gasteiger partial charge in [0.1, 0.15) is 0 Å². The number of carbonyl (C=O) groups excluding carboxylic acids is 1. The lowest BCUT2D eigenvalue weighted by atomic mass is 10.3. The zero-order valence-electron chi connectivity index (χ0n) is 7.53. The van der Waals surface area contributed by atoms with Gasteiger partial charge in [0.15, 0.2) is 5.69 Å². The molecule has 0 saturated carbocycles. The summed E-state index contributed by atoms with van der Waals surface area (Å²) < 4.78 is 0. The Hall–Kier alpha value is -1.43. The lowest BCUT2D eigenvalue weighted by Crippen LogP contribution is -2.35. The Morgan fingerprint density at radius 1 is 1.69 bits per heavy atom. The smallest absolute Gasteiger partial charge is 0.274 e. The highest BCUT2D eigenvalue weighted by Gasteiger charge is 2.14. The SMILES string of the molecule is Cc1n[nH]nc1C(=O)NC(C)CO. The monoisotopic (exact) mass is 184 g/mol. The predicted molar refractivity (Wildman–Crippen MR) is 45.1 cm³/mol. The van der Waals surface area contributed by atoms with E-state index < -0.39 is 0 Å². The summed E-state index contributed by atoms with van der Waals surface area (Å²) >= 11 is 0. The second-order valence-electron chi connectivity index (χ2n) is 2.81. The summed E-state index contributed by atoms with van der Waals surface area (Å²) in [5, 5.41) is 21.0. The minimum absolute atomic E-state index is 0.0946. The van der Waals surface area contributed by atoms with Gasteiger partial charge in [-0.15, -0.1) is 0 Å². The number of nitrogens with zero attached hydrogens (tertiary/aromatic N) is 2. The van der Waals surface area contributed by atoms with Crippen molar-refractivity contribution in [3.8, 4) is 0 Å². The van der Waals surface area contributed by atoms with Crippen molar-refractivity contribution in [1.29, 1.82) is 0 Å². The lowest BCUT2D eigenvalue weighted by Gasteiger charge is -2.08. The van der Waals surface area contributed by atoms with E-state index in [-0.39, 0.29) is 24.2 Å². The highest BCUT2D eigenvalue weighted by Crippen LogP contribution is 1.98. The van der Waals surface area contributed by atoms with Crippen LogP contribution in [-0.2, 0) is 0 Å². The topological polar surface area (TPSA) is 90.9 Å². The molecule has 0 fully saturated rings. The number of aromatic nitrogens is 3. The molecule has 1 unspecified atom stereocenters. The van der Waals surface area contributed by atoms with E-state index in [0.29, 0.717) is 5.69 Å². The third-order valence-corrected chi connectivity index (χ3v) is 1.59. The minimum Gasteiger partial charge on any atom is -0.394 e. The molecule has 0 aliphatic heterocycles. The molecule has 1 atom stereocenters. The zero-order valence-corrected chi connectivity index (χ0v) is 7.53. The molecule has 0 saturated heterocycles. The molecule has 0 radical (unpaired) electrons. The number of aliphatic hydroxyl groups excluding tert-OH is 1. The summed E-state index contributed by atoms with van der Waals surface area (Å²) in [5.74, 6) is -0.326. The van der Waals surface area contributed by atoms with Crippen LogP contribution in [0.15, 0.2) is 0 Å². The fourth-order valence-electron chi connectivity index (χ4n) is 0.837. The summed E-state index contributed by atoms with van der Waals surface area (Å²) in [5.41, 5.74) is 0.808. The van der Waals surface area contributed by atoms with Gasteiger partial charge < -0.3 is 10.4 Å². The molecule has 3 N–H and O–H groups in total. The molecule has 72 valence electrons. The van der Waals surface area contributed by atoms with Crippen molar-refractivity contribution >= 4 is 5.91 Å². The van der Waals surface area contributed by atoms with Crippen molar-refractivity contribution in [3.05, 3.63) is 11.4 Å². The van der Waals surface area contributed by atoms with Gasteiger partial charge in [-0.05, 0) is 13.8 Å². The summed E-state index contributed by atoms with van der Waals surface area (Å²) in [6, 6.07) is -0.274. The first-order valence-corrected chi connectivity index (χ1v) is 3.94. The number of aliphatic hydroxyl groups is 1. The molecule has 0 aromatic carbocycles. The Kier molecular flexibility index (Phi) is 2.97. The predicted octanol–water partition coefficient (Wildman–Crippen LogP) is -0.776. The van der Waals surface area contributed by atoms with Crippen molar-refractivity contribution in [2.75, 3.05) is 6.61 Å². The van der Waals surface area contributed by atoms with E-state index in [1.54, 1.807) is 13.8 Å². The second-order valence-corrected chi connectivity index (χ2v) is 2.81. The third-order valence-electron chi connectivity index (χ3n) is 1.59. The zero-order chi connectivity index (χ0) is 9.84. The quantitative estimate of drug-likeness (QED) is 0.575. The number of aryl methyl sites for hydroxylation is 1. The number of H-pyrrole nitrogens is 1. The van der Waals surface area contributed by atoms with Crippen molar-refractivity contribution in [2.45, 2.75) is 19.9 Å². The van der Waals surface area contributed by atoms with E-state index in [4.69, 9.17) is 5.11 Å². The summed E-state index contributed by atoms with van der Waals surface area (Å²) in [7, 11) is 0. The van der Waals surface area contributed by atoms with Crippen molar-refractivity contribution in [1.82, 2.24) is 20.7 Å². The maximum atomic E-state index is 11.4. The first-order valence-electron chi connectivity index (χ1n) is 3.94. The number of hydrogen-bond acceptors (Lipinski definition) is 4. The molecule has 6 nitrogen and oxygen atoms in total. The Morgan fingerprint density at radius 3 is 2.85 bits per heavy atom. The molecule has 0 bridgehead atoms. The normalized spacial score (nSPS) is 12.5. The summed E-state index contributed by atoms with van der Waals surface area (Å²) in [6.45, 7) is 3.29. The van der Waals surface area contributed by atoms with Crippen molar-refractivity contribution in [2.24, 2.45) is 0 Å². The molecule has 0 spiro atoms. The van der Waals surface area contributed by atoms with E-state index in [1.165, 1.54) is 0 Å². The van der Waals surface area contributed by atoms with Crippen LogP contribution in [0.3, 0.4) is 0 Å². The third kappa shape index (κ3) is 2.25. The molecule has 0 aliphatic rings. The van der Waals surface area contributed by atoms with Crippen LogP contribution in [0, 0.1) is 6.92 Å². The Labute approximate surface area is 75.3 Å². The maximum absolute atomic E-state index is 11.4. The molecular formula is C7H12N4O2. The standard InChI is InChI=1S/C7H12N4O2/c1-4(3-12)8-7(13)6-5(2)9-11-10-6/h4,12H,3H2,1-2H3,(H,8,13)(H,9,10,11). The molecular weight excluding hydrogens is 172 g/mol. The largest absolute Gasteiger partial charge is 0.394 e. The van der Waals surface area contributed by atoms with Gasteiger partial charge in [-0.2, -0.15) is 15.4 Å². The molecule has 1 aromatic heterocycles. The van der Waals surface area contributed by atoms with Crippen LogP contribution in [0.2, 0.25) is 0 Å². The van der Waals surface area contributed by atoms with Crippen LogP contribution >= 0.6 is 0 Å². The number of rotatable bonds is 3. The maximum Gasteiger partial charge on any atom is 0.274 e. The number of aromatic amines is 1. The highest BCUT2D eigenvalue weighted by molar-refractivity contribution is 5.93. The average Bonchev–Trinajstić information content (AvgIpc) is 2.51. The molecule has 1 aromatic rings. The number of hydrogen-bond donors (Lipinski definition) is 3. The van der Waals surface area contributed by atoms with E-state index in [2.05, 4.69) is 20.7 Å². The van der Waals surface area contributed by atoms with E-state index >= 15 is 0 Å². The highest BCUT2D eigenvalue weighted by atomic mass is 16.3. The summed E-state index contributed by atoms with van der Waals surface area (Å²) in [4.78, 5) is 11.4. The number of nitrogens with one attached hydrogen (secondary N) is 2. The first kappa shape index (κ1) is 9.66. The lowest BCUT2D eigenvalue weighted by molar-refractivity contribution is 0.0916. The van der Waals surface area contributed by atoms with Gasteiger partial charge in [0.05, 0.1) is 12.3 Å². The molecule has 1 amide bonds. The summed E-state index contributed by atoms with van der Waals surface area (Å²) in [6.07, 6.45) is 0. The first-order chi connectivity index (χ1) is 6.15. The fourth-order valence-corrected chi connectivity index (χ4v) is 0.837. The molecule has 1 heterocycles. The minimum atomic E-state index is -0.326. The Bertz CT molecular complexity index is 296. The van der Waals surface area contributed by atoms with Gasteiger partial charge in [-0.25, -0.2) is 0 Å². The molecule has 6 heteroatoms. The van der Waals surface area contributed by atoms with E-state index in [1.807, 2.05) is 0 Å². The Morgan fingerprint density at radius 2 is 2.38 bits per heavy atom. The molecule has 1 rings (SSSR count). The fraction of sp³-hybridized carbons (Fsp3) is 0.571. The number of carbonyl (C=O) groups is 1. The Balaban J connectivity index is 2.64. The van der Waals surface area contributed by atoms with Gasteiger partial charge in [0, 0.05) is 6.04 Å². The van der Waals surface area contributed by atoms with Crippen molar-refractivity contribution < 1.29 is 9.90 Å². The second kappa shape index (κ2) is 3.99.